The van der Waals surface area contributed by atoms with Gasteiger partial charge in [-0.2, -0.15) is 0 Å². The number of hydrogen-bond donors (Lipinski definition) is 2. The van der Waals surface area contributed by atoms with Crippen LogP contribution >= 0.6 is 0 Å². The van der Waals surface area contributed by atoms with Crippen LogP contribution in [0.1, 0.15) is 38.7 Å². The van der Waals surface area contributed by atoms with E-state index in [1.807, 2.05) is 26.0 Å². The summed E-state index contributed by atoms with van der Waals surface area (Å²) in [4.78, 5) is 4.63. The van der Waals surface area contributed by atoms with Crippen LogP contribution in [0.3, 0.4) is 0 Å². The SMILES string of the molecule is CCOCCCNC(N)=NCC1(c2ccc(OCC)cc2)CCOCC1. The molecule has 1 aliphatic rings. The van der Waals surface area contributed by atoms with Crippen LogP contribution in [-0.2, 0) is 14.9 Å². The lowest BCUT2D eigenvalue weighted by Crippen LogP contribution is -2.39. The third-order valence-electron chi connectivity index (χ3n) is 4.76. The lowest BCUT2D eigenvalue weighted by Gasteiger charge is -2.36. The Morgan fingerprint density at radius 3 is 2.58 bits per heavy atom. The Kier molecular flexibility index (Phi) is 8.71. The molecule has 0 bridgehead atoms. The summed E-state index contributed by atoms with van der Waals surface area (Å²) in [6, 6.07) is 8.37. The molecule has 0 spiro atoms. The summed E-state index contributed by atoms with van der Waals surface area (Å²) in [5.41, 5.74) is 7.30. The molecule has 1 heterocycles. The van der Waals surface area contributed by atoms with E-state index < -0.39 is 0 Å². The van der Waals surface area contributed by atoms with Gasteiger partial charge in [-0.1, -0.05) is 12.1 Å². The van der Waals surface area contributed by atoms with E-state index in [2.05, 4.69) is 22.4 Å². The fourth-order valence-electron chi connectivity index (χ4n) is 3.20. The largest absolute Gasteiger partial charge is 0.494 e. The minimum absolute atomic E-state index is 0.0272. The molecule has 6 heteroatoms. The molecule has 0 atom stereocenters. The quantitative estimate of drug-likeness (QED) is 0.379. The molecule has 1 fully saturated rings. The van der Waals surface area contributed by atoms with Gasteiger partial charge in [-0.05, 0) is 50.8 Å². The molecular weight excluding hydrogens is 330 g/mol. The van der Waals surface area contributed by atoms with Gasteiger partial charge in [-0.3, -0.25) is 4.99 Å². The maximum Gasteiger partial charge on any atom is 0.188 e. The van der Waals surface area contributed by atoms with Crippen LogP contribution in [0.4, 0.5) is 0 Å². The van der Waals surface area contributed by atoms with Gasteiger partial charge < -0.3 is 25.3 Å². The van der Waals surface area contributed by atoms with E-state index >= 15 is 0 Å². The zero-order chi connectivity index (χ0) is 18.7. The summed E-state index contributed by atoms with van der Waals surface area (Å²) in [6.45, 7) is 9.09. The molecule has 1 aromatic carbocycles. The molecule has 1 saturated heterocycles. The number of nitrogens with one attached hydrogen (secondary N) is 1. The fraction of sp³-hybridized carbons (Fsp3) is 0.650. The van der Waals surface area contributed by atoms with Crippen LogP contribution in [0.2, 0.25) is 0 Å². The van der Waals surface area contributed by atoms with E-state index in [4.69, 9.17) is 19.9 Å². The van der Waals surface area contributed by atoms with Gasteiger partial charge in [0, 0.05) is 38.4 Å². The van der Waals surface area contributed by atoms with Crippen molar-refractivity contribution in [3.8, 4) is 5.75 Å². The van der Waals surface area contributed by atoms with Gasteiger partial charge >= 0.3 is 0 Å². The first-order chi connectivity index (χ1) is 12.7. The van der Waals surface area contributed by atoms with E-state index in [9.17, 15) is 0 Å². The first-order valence-electron chi connectivity index (χ1n) is 9.63. The van der Waals surface area contributed by atoms with Crippen LogP contribution in [0.25, 0.3) is 0 Å². The second-order valence-electron chi connectivity index (χ2n) is 6.53. The number of nitrogens with two attached hydrogens (primary N) is 1. The topological polar surface area (TPSA) is 78.1 Å². The van der Waals surface area contributed by atoms with Crippen molar-refractivity contribution in [3.05, 3.63) is 29.8 Å². The predicted octanol–water partition coefficient (Wildman–Crippen LogP) is 2.46. The smallest absolute Gasteiger partial charge is 0.188 e. The number of ether oxygens (including phenoxy) is 3. The van der Waals surface area contributed by atoms with Crippen molar-refractivity contribution < 1.29 is 14.2 Å². The van der Waals surface area contributed by atoms with Gasteiger partial charge in [-0.25, -0.2) is 0 Å². The summed E-state index contributed by atoms with van der Waals surface area (Å²) < 4.78 is 16.5. The highest BCUT2D eigenvalue weighted by molar-refractivity contribution is 5.77. The summed E-state index contributed by atoms with van der Waals surface area (Å²) in [5, 5.41) is 3.17. The van der Waals surface area contributed by atoms with Gasteiger partial charge in [0.15, 0.2) is 5.96 Å². The molecule has 6 nitrogen and oxygen atoms in total. The monoisotopic (exact) mass is 363 g/mol. The van der Waals surface area contributed by atoms with E-state index in [0.717, 1.165) is 58.0 Å². The van der Waals surface area contributed by atoms with Crippen LogP contribution in [0, 0.1) is 0 Å². The van der Waals surface area contributed by atoms with Crippen LogP contribution in [0.15, 0.2) is 29.3 Å². The second kappa shape index (κ2) is 11.0. The van der Waals surface area contributed by atoms with Crippen molar-refractivity contribution in [2.24, 2.45) is 10.7 Å². The standard InChI is InChI=1S/C20H33N3O3/c1-3-24-13-5-12-22-19(21)23-16-20(10-14-25-15-11-20)17-6-8-18(9-7-17)26-4-2/h6-9H,3-5,10-16H2,1-2H3,(H3,21,22,23). The van der Waals surface area contributed by atoms with Gasteiger partial charge in [0.1, 0.15) is 5.75 Å². The first-order valence-corrected chi connectivity index (χ1v) is 9.63. The number of hydrogen-bond acceptors (Lipinski definition) is 4. The maximum atomic E-state index is 6.05. The van der Waals surface area contributed by atoms with Crippen molar-refractivity contribution in [1.29, 1.82) is 0 Å². The average molecular weight is 364 g/mol. The molecule has 3 N–H and O–H groups in total. The lowest BCUT2D eigenvalue weighted by atomic mass is 9.74. The Balaban J connectivity index is 1.98. The lowest BCUT2D eigenvalue weighted by molar-refractivity contribution is 0.0531. The van der Waals surface area contributed by atoms with Crippen LogP contribution < -0.4 is 15.8 Å². The fourth-order valence-corrected chi connectivity index (χ4v) is 3.20. The molecule has 0 radical (unpaired) electrons. The zero-order valence-corrected chi connectivity index (χ0v) is 16.1. The molecule has 0 unspecified atom stereocenters. The molecule has 2 rings (SSSR count). The molecular formula is C20H33N3O3. The minimum atomic E-state index is -0.0272. The summed E-state index contributed by atoms with van der Waals surface area (Å²) in [6.07, 6.45) is 2.81. The Bertz CT molecular complexity index is 540. The number of aliphatic imine (C=N–C) groups is 1. The summed E-state index contributed by atoms with van der Waals surface area (Å²) >= 11 is 0. The molecule has 0 aromatic heterocycles. The Morgan fingerprint density at radius 1 is 1.19 bits per heavy atom. The number of rotatable bonds is 10. The van der Waals surface area contributed by atoms with Crippen LogP contribution in [0.5, 0.6) is 5.75 Å². The highest BCUT2D eigenvalue weighted by Crippen LogP contribution is 2.36. The van der Waals surface area contributed by atoms with E-state index in [-0.39, 0.29) is 5.41 Å². The van der Waals surface area contributed by atoms with Gasteiger partial charge in [0.05, 0.1) is 13.2 Å². The van der Waals surface area contributed by atoms with Gasteiger partial charge in [0.25, 0.3) is 0 Å². The maximum absolute atomic E-state index is 6.05. The first kappa shape index (κ1) is 20.5. The van der Waals surface area contributed by atoms with Crippen molar-refractivity contribution in [3.63, 3.8) is 0 Å². The second-order valence-corrected chi connectivity index (χ2v) is 6.53. The molecule has 26 heavy (non-hydrogen) atoms. The van der Waals surface area contributed by atoms with Crippen LogP contribution in [-0.4, -0.2) is 52.1 Å². The molecule has 1 aliphatic heterocycles. The van der Waals surface area contributed by atoms with Crippen molar-refractivity contribution in [2.45, 2.75) is 38.5 Å². The van der Waals surface area contributed by atoms with E-state index in [1.54, 1.807) is 0 Å². The normalized spacial score (nSPS) is 17.1. The minimum Gasteiger partial charge on any atom is -0.494 e. The molecule has 0 amide bonds. The molecule has 0 saturated carbocycles. The summed E-state index contributed by atoms with van der Waals surface area (Å²) in [7, 11) is 0. The number of nitrogens with zero attached hydrogens (tertiary/aromatic N) is 1. The van der Waals surface area contributed by atoms with Gasteiger partial charge in [-0.15, -0.1) is 0 Å². The molecule has 1 aromatic rings. The van der Waals surface area contributed by atoms with Crippen molar-refractivity contribution >= 4 is 5.96 Å². The summed E-state index contributed by atoms with van der Waals surface area (Å²) in [5.74, 6) is 1.40. The highest BCUT2D eigenvalue weighted by atomic mass is 16.5. The van der Waals surface area contributed by atoms with E-state index in [0.29, 0.717) is 19.1 Å². The molecule has 0 aliphatic carbocycles. The third-order valence-corrected chi connectivity index (χ3v) is 4.76. The van der Waals surface area contributed by atoms with Gasteiger partial charge in [0.2, 0.25) is 0 Å². The van der Waals surface area contributed by atoms with E-state index in [1.165, 1.54) is 5.56 Å². The Morgan fingerprint density at radius 2 is 1.92 bits per heavy atom. The van der Waals surface area contributed by atoms with Crippen molar-refractivity contribution in [1.82, 2.24) is 5.32 Å². The number of benzene rings is 1. The van der Waals surface area contributed by atoms with Crippen molar-refractivity contribution in [2.75, 3.05) is 46.1 Å². The Hall–Kier alpha value is -1.79. The third kappa shape index (κ3) is 6.18. The highest BCUT2D eigenvalue weighted by Gasteiger charge is 2.34. The Labute approximate surface area is 157 Å². The number of guanidine groups is 1. The predicted molar refractivity (Wildman–Crippen MR) is 105 cm³/mol. The average Bonchev–Trinajstić information content (AvgIpc) is 2.68. The molecule has 146 valence electrons. The zero-order valence-electron chi connectivity index (χ0n) is 16.1.